The van der Waals surface area contributed by atoms with Crippen molar-refractivity contribution >= 4 is 5.91 Å². The number of carbonyl (C=O) groups is 1. The maximum absolute atomic E-state index is 12.6. The van der Waals surface area contributed by atoms with Gasteiger partial charge >= 0.3 is 0 Å². The van der Waals surface area contributed by atoms with Gasteiger partial charge in [-0.25, -0.2) is 0 Å². The highest BCUT2D eigenvalue weighted by molar-refractivity contribution is 5.77. The van der Waals surface area contributed by atoms with E-state index in [-0.39, 0.29) is 11.9 Å². The largest absolute Gasteiger partial charge is 0.377 e. The van der Waals surface area contributed by atoms with E-state index in [1.54, 1.807) is 12.4 Å². The fourth-order valence-corrected chi connectivity index (χ4v) is 2.78. The second-order valence-corrected chi connectivity index (χ2v) is 5.51. The molecule has 1 aliphatic heterocycles. The summed E-state index contributed by atoms with van der Waals surface area (Å²) < 4.78 is 5.55. The first-order chi connectivity index (χ1) is 10.8. The number of aryl methyl sites for hydroxylation is 2. The van der Waals surface area contributed by atoms with Gasteiger partial charge in [-0.05, 0) is 30.5 Å². The molecule has 1 atom stereocenters. The summed E-state index contributed by atoms with van der Waals surface area (Å²) in [4.78, 5) is 18.6. The minimum Gasteiger partial charge on any atom is -0.377 e. The third-order valence-corrected chi connectivity index (χ3v) is 4.00. The molecule has 2 aromatic rings. The van der Waals surface area contributed by atoms with Gasteiger partial charge in [-0.15, -0.1) is 0 Å². The Kier molecular flexibility index (Phi) is 4.48. The van der Waals surface area contributed by atoms with Crippen molar-refractivity contribution in [1.29, 1.82) is 0 Å². The third kappa shape index (κ3) is 3.17. The molecule has 6 heteroatoms. The molecule has 0 unspecified atom stereocenters. The first-order valence-electron chi connectivity index (χ1n) is 7.51. The minimum atomic E-state index is -0.0716. The van der Waals surface area contributed by atoms with Crippen LogP contribution in [-0.2, 0) is 16.0 Å². The van der Waals surface area contributed by atoms with Crippen LogP contribution in [0, 0.1) is 6.92 Å². The van der Waals surface area contributed by atoms with Crippen LogP contribution in [0.15, 0.2) is 30.7 Å². The van der Waals surface area contributed by atoms with E-state index in [1.165, 1.54) is 0 Å². The second kappa shape index (κ2) is 6.70. The molecule has 116 valence electrons. The van der Waals surface area contributed by atoms with E-state index in [4.69, 9.17) is 4.74 Å². The van der Waals surface area contributed by atoms with Crippen molar-refractivity contribution in [3.8, 4) is 0 Å². The van der Waals surface area contributed by atoms with Crippen LogP contribution < -0.4 is 0 Å². The van der Waals surface area contributed by atoms with Crippen LogP contribution in [0.25, 0.3) is 0 Å². The van der Waals surface area contributed by atoms with Crippen molar-refractivity contribution < 1.29 is 9.53 Å². The molecule has 1 aliphatic rings. The molecule has 0 saturated carbocycles. The molecule has 3 heterocycles. The smallest absolute Gasteiger partial charge is 0.223 e. The lowest BCUT2D eigenvalue weighted by Gasteiger charge is -2.35. The highest BCUT2D eigenvalue weighted by atomic mass is 16.5. The molecule has 0 spiro atoms. The van der Waals surface area contributed by atoms with Gasteiger partial charge in [0.2, 0.25) is 5.91 Å². The lowest BCUT2D eigenvalue weighted by atomic mass is 10.1. The van der Waals surface area contributed by atoms with Gasteiger partial charge in [0, 0.05) is 25.4 Å². The number of ether oxygens (including phenoxy) is 1. The quantitative estimate of drug-likeness (QED) is 0.932. The normalized spacial score (nSPS) is 18.4. The highest BCUT2D eigenvalue weighted by Crippen LogP contribution is 2.25. The predicted octanol–water partition coefficient (Wildman–Crippen LogP) is 1.65. The zero-order valence-electron chi connectivity index (χ0n) is 12.7. The number of amides is 1. The SMILES string of the molecule is Cc1cn[nH]c1[C@H]1COCCN1C(=O)CCc1cccnc1. The number of pyridine rings is 1. The fraction of sp³-hybridized carbons (Fsp3) is 0.438. The number of hydrogen-bond acceptors (Lipinski definition) is 4. The molecular weight excluding hydrogens is 280 g/mol. The van der Waals surface area contributed by atoms with Gasteiger partial charge in [-0.2, -0.15) is 5.10 Å². The Morgan fingerprint density at radius 1 is 1.50 bits per heavy atom. The average Bonchev–Trinajstić information content (AvgIpc) is 2.99. The lowest BCUT2D eigenvalue weighted by Crippen LogP contribution is -2.43. The van der Waals surface area contributed by atoms with E-state index in [1.807, 2.05) is 30.2 Å². The molecular formula is C16H20N4O2. The molecule has 22 heavy (non-hydrogen) atoms. The van der Waals surface area contributed by atoms with Crippen LogP contribution in [0.5, 0.6) is 0 Å². The Hall–Kier alpha value is -2.21. The van der Waals surface area contributed by atoms with E-state index < -0.39 is 0 Å². The summed E-state index contributed by atoms with van der Waals surface area (Å²) in [5.74, 6) is 0.145. The summed E-state index contributed by atoms with van der Waals surface area (Å²) in [7, 11) is 0. The van der Waals surface area contributed by atoms with E-state index >= 15 is 0 Å². The monoisotopic (exact) mass is 300 g/mol. The summed E-state index contributed by atoms with van der Waals surface area (Å²) >= 11 is 0. The summed E-state index contributed by atoms with van der Waals surface area (Å²) in [6, 6.07) is 3.82. The van der Waals surface area contributed by atoms with Crippen LogP contribution >= 0.6 is 0 Å². The molecule has 0 radical (unpaired) electrons. The number of rotatable bonds is 4. The van der Waals surface area contributed by atoms with Crippen molar-refractivity contribution in [3.05, 3.63) is 47.5 Å². The molecule has 0 aliphatic carbocycles. The maximum atomic E-state index is 12.6. The van der Waals surface area contributed by atoms with Gasteiger partial charge < -0.3 is 9.64 Å². The molecule has 1 saturated heterocycles. The number of H-pyrrole nitrogens is 1. The molecule has 0 bridgehead atoms. The summed E-state index contributed by atoms with van der Waals surface area (Å²) in [6.07, 6.45) is 6.52. The first-order valence-corrected chi connectivity index (χ1v) is 7.51. The van der Waals surface area contributed by atoms with E-state index in [2.05, 4.69) is 15.2 Å². The van der Waals surface area contributed by atoms with Crippen LogP contribution in [0.4, 0.5) is 0 Å². The number of hydrogen-bond donors (Lipinski definition) is 1. The first kappa shape index (κ1) is 14.7. The Labute approximate surface area is 129 Å². The van der Waals surface area contributed by atoms with Gasteiger partial charge in [0.15, 0.2) is 0 Å². The molecule has 1 amide bonds. The van der Waals surface area contributed by atoms with Crippen molar-refractivity contribution in [1.82, 2.24) is 20.1 Å². The number of nitrogens with one attached hydrogen (secondary N) is 1. The zero-order valence-corrected chi connectivity index (χ0v) is 12.7. The number of aromatic amines is 1. The van der Waals surface area contributed by atoms with Gasteiger partial charge in [0.25, 0.3) is 0 Å². The Bertz CT molecular complexity index is 626. The summed E-state index contributed by atoms with van der Waals surface area (Å²) in [6.45, 7) is 3.71. The topological polar surface area (TPSA) is 71.1 Å². The van der Waals surface area contributed by atoms with Gasteiger partial charge in [0.1, 0.15) is 0 Å². The standard InChI is InChI=1S/C16H20N4O2/c1-12-9-18-19-16(12)14-11-22-8-7-20(14)15(21)5-4-13-3-2-6-17-10-13/h2-3,6,9-10,14H,4-5,7-8,11H2,1H3,(H,18,19)/t14-/m1/s1. The van der Waals surface area contributed by atoms with Crippen LogP contribution in [0.1, 0.15) is 29.3 Å². The van der Waals surface area contributed by atoms with E-state index in [0.717, 1.165) is 16.8 Å². The van der Waals surface area contributed by atoms with E-state index in [0.29, 0.717) is 32.6 Å². The summed E-state index contributed by atoms with van der Waals surface area (Å²) in [5, 5.41) is 7.06. The fourth-order valence-electron chi connectivity index (χ4n) is 2.78. The van der Waals surface area contributed by atoms with Crippen molar-refractivity contribution in [2.45, 2.75) is 25.8 Å². The molecule has 2 aromatic heterocycles. The van der Waals surface area contributed by atoms with Crippen molar-refractivity contribution in [2.75, 3.05) is 19.8 Å². The number of morpholine rings is 1. The number of carbonyl (C=O) groups excluding carboxylic acids is 1. The average molecular weight is 300 g/mol. The Morgan fingerprint density at radius 3 is 3.14 bits per heavy atom. The van der Waals surface area contributed by atoms with Gasteiger partial charge in [0.05, 0.1) is 31.1 Å². The summed E-state index contributed by atoms with van der Waals surface area (Å²) in [5.41, 5.74) is 3.10. The van der Waals surface area contributed by atoms with E-state index in [9.17, 15) is 4.79 Å². The Balaban J connectivity index is 1.68. The number of aromatic nitrogens is 3. The zero-order chi connectivity index (χ0) is 15.4. The molecule has 3 rings (SSSR count). The molecule has 0 aromatic carbocycles. The second-order valence-electron chi connectivity index (χ2n) is 5.51. The molecule has 1 fully saturated rings. The van der Waals surface area contributed by atoms with Gasteiger partial charge in [-0.1, -0.05) is 6.07 Å². The van der Waals surface area contributed by atoms with Crippen LogP contribution in [0.2, 0.25) is 0 Å². The molecule has 1 N–H and O–H groups in total. The van der Waals surface area contributed by atoms with Crippen LogP contribution in [0.3, 0.4) is 0 Å². The van der Waals surface area contributed by atoms with Crippen LogP contribution in [-0.4, -0.2) is 45.7 Å². The van der Waals surface area contributed by atoms with Crippen molar-refractivity contribution in [3.63, 3.8) is 0 Å². The minimum absolute atomic E-state index is 0.0716. The maximum Gasteiger partial charge on any atom is 0.223 e. The lowest BCUT2D eigenvalue weighted by molar-refractivity contribution is -0.140. The number of nitrogens with zero attached hydrogens (tertiary/aromatic N) is 3. The molecule has 6 nitrogen and oxygen atoms in total. The Morgan fingerprint density at radius 2 is 2.41 bits per heavy atom. The van der Waals surface area contributed by atoms with Crippen molar-refractivity contribution in [2.24, 2.45) is 0 Å². The predicted molar refractivity (Wildman–Crippen MR) is 81.2 cm³/mol. The van der Waals surface area contributed by atoms with Gasteiger partial charge in [-0.3, -0.25) is 14.9 Å². The highest BCUT2D eigenvalue weighted by Gasteiger charge is 2.30. The third-order valence-electron chi connectivity index (χ3n) is 4.00.